The topological polar surface area (TPSA) is 119 Å². The molecule has 0 radical (unpaired) electrons. The van der Waals surface area contributed by atoms with E-state index in [2.05, 4.69) is 16.6 Å². The maximum atomic E-state index is 14.1. The number of rotatable bonds is 7. The lowest BCUT2D eigenvalue weighted by molar-refractivity contribution is 0.0691. The monoisotopic (exact) mass is 488 g/mol. The Morgan fingerprint density at radius 1 is 1.18 bits per heavy atom. The number of halogens is 1. The molecule has 4 rings (SSSR count). The number of anilines is 1. The molecule has 1 heterocycles. The van der Waals surface area contributed by atoms with E-state index in [1.54, 1.807) is 0 Å². The molecule has 0 amide bonds. The van der Waals surface area contributed by atoms with E-state index in [1.165, 1.54) is 25.5 Å². The molecule has 8 nitrogen and oxygen atoms in total. The van der Waals surface area contributed by atoms with Crippen molar-refractivity contribution in [1.29, 1.82) is 0 Å². The Bertz CT molecular complexity index is 1300. The van der Waals surface area contributed by atoms with Crippen molar-refractivity contribution >= 4 is 21.7 Å². The normalized spacial score (nSPS) is 18.4. The number of nitrogens with zero attached hydrogens (tertiary/aromatic N) is 1. The van der Waals surface area contributed by atoms with Gasteiger partial charge in [-0.05, 0) is 48.4 Å². The van der Waals surface area contributed by atoms with Crippen LogP contribution in [0.2, 0.25) is 0 Å². The minimum atomic E-state index is -4.26. The van der Waals surface area contributed by atoms with Crippen LogP contribution < -0.4 is 9.46 Å². The molecule has 1 aromatic heterocycles. The zero-order valence-corrected chi connectivity index (χ0v) is 19.6. The lowest BCUT2D eigenvalue weighted by Crippen LogP contribution is -2.15. The van der Waals surface area contributed by atoms with Gasteiger partial charge in [0.05, 0.1) is 18.4 Å². The van der Waals surface area contributed by atoms with Gasteiger partial charge in [0.25, 0.3) is 10.0 Å². The van der Waals surface area contributed by atoms with Crippen molar-refractivity contribution in [3.63, 3.8) is 0 Å². The van der Waals surface area contributed by atoms with Crippen LogP contribution >= 0.6 is 0 Å². The van der Waals surface area contributed by atoms with Gasteiger partial charge in [0.15, 0.2) is 0 Å². The standard InChI is InChI=1S/C24H25FN2O6S/c1-14-3-5-15(6-4-14)16-7-9-17(10-8-16)23-26-22(13-33-23)34(30,31)27-20-12-19(25)18(24(28)29)11-21(20)32-2/h7-15,27H,3-6H2,1-2H3,(H,28,29). The molecular formula is C24H25FN2O6S. The van der Waals surface area contributed by atoms with Crippen LogP contribution in [0, 0.1) is 11.7 Å². The van der Waals surface area contributed by atoms with E-state index >= 15 is 0 Å². The summed E-state index contributed by atoms with van der Waals surface area (Å²) in [5, 5.41) is 8.64. The summed E-state index contributed by atoms with van der Waals surface area (Å²) in [5.41, 5.74) is 0.967. The van der Waals surface area contributed by atoms with E-state index in [9.17, 15) is 17.6 Å². The van der Waals surface area contributed by atoms with Crippen molar-refractivity contribution < 1.29 is 31.9 Å². The van der Waals surface area contributed by atoms with Crippen LogP contribution in [0.3, 0.4) is 0 Å². The molecule has 1 saturated carbocycles. The second-order valence-electron chi connectivity index (χ2n) is 8.51. The molecule has 2 N–H and O–H groups in total. The first kappa shape index (κ1) is 23.7. The highest BCUT2D eigenvalue weighted by Gasteiger charge is 2.24. The molecule has 0 unspecified atom stereocenters. The predicted octanol–water partition coefficient (Wildman–Crippen LogP) is 5.28. The summed E-state index contributed by atoms with van der Waals surface area (Å²) in [6, 6.07) is 9.39. The largest absolute Gasteiger partial charge is 0.495 e. The van der Waals surface area contributed by atoms with Crippen LogP contribution in [-0.2, 0) is 10.0 Å². The molecule has 1 fully saturated rings. The SMILES string of the molecule is COc1cc(C(=O)O)c(F)cc1NS(=O)(=O)c1coc(-c2ccc(C3CCC(C)CC3)cc2)n1. The molecule has 3 aromatic rings. The van der Waals surface area contributed by atoms with Crippen molar-refractivity contribution in [2.24, 2.45) is 5.92 Å². The Morgan fingerprint density at radius 3 is 2.47 bits per heavy atom. The quantitative estimate of drug-likeness (QED) is 0.464. The van der Waals surface area contributed by atoms with Crippen LogP contribution in [0.4, 0.5) is 10.1 Å². The second-order valence-corrected chi connectivity index (χ2v) is 10.1. The number of ether oxygens (including phenoxy) is 1. The van der Waals surface area contributed by atoms with Crippen LogP contribution in [0.25, 0.3) is 11.5 Å². The summed E-state index contributed by atoms with van der Waals surface area (Å²) in [4.78, 5) is 15.2. The molecule has 10 heteroatoms. The van der Waals surface area contributed by atoms with E-state index < -0.39 is 32.4 Å². The minimum Gasteiger partial charge on any atom is -0.495 e. The number of aromatic carboxylic acids is 1. The Hall–Kier alpha value is -3.40. The van der Waals surface area contributed by atoms with Crippen LogP contribution in [0.15, 0.2) is 52.1 Å². The molecular weight excluding hydrogens is 463 g/mol. The molecule has 34 heavy (non-hydrogen) atoms. The minimum absolute atomic E-state index is 0.128. The first-order valence-electron chi connectivity index (χ1n) is 10.9. The average Bonchev–Trinajstić information content (AvgIpc) is 3.31. The van der Waals surface area contributed by atoms with Crippen molar-refractivity contribution in [3.05, 3.63) is 59.6 Å². The molecule has 2 aromatic carbocycles. The number of aromatic nitrogens is 1. The number of methoxy groups -OCH3 is 1. The second kappa shape index (κ2) is 9.46. The number of hydrogen-bond acceptors (Lipinski definition) is 6. The van der Waals surface area contributed by atoms with E-state index in [-0.39, 0.29) is 17.3 Å². The van der Waals surface area contributed by atoms with Gasteiger partial charge in [0.2, 0.25) is 10.9 Å². The van der Waals surface area contributed by atoms with Crippen molar-refractivity contribution in [1.82, 2.24) is 4.98 Å². The summed E-state index contributed by atoms with van der Waals surface area (Å²) in [7, 11) is -3.05. The maximum Gasteiger partial charge on any atom is 0.338 e. The summed E-state index contributed by atoms with van der Waals surface area (Å²) >= 11 is 0. The van der Waals surface area contributed by atoms with Crippen LogP contribution in [-0.4, -0.2) is 31.6 Å². The van der Waals surface area contributed by atoms with Gasteiger partial charge in [-0.1, -0.05) is 31.9 Å². The molecule has 180 valence electrons. The number of sulfonamides is 1. The zero-order valence-electron chi connectivity index (χ0n) is 18.7. The van der Waals surface area contributed by atoms with Crippen molar-refractivity contribution in [2.75, 3.05) is 11.8 Å². The third kappa shape index (κ3) is 4.91. The molecule has 0 bridgehead atoms. The summed E-state index contributed by atoms with van der Waals surface area (Å²) in [5.74, 6) is -1.35. The Morgan fingerprint density at radius 2 is 1.85 bits per heavy atom. The fourth-order valence-electron chi connectivity index (χ4n) is 4.17. The lowest BCUT2D eigenvalue weighted by Gasteiger charge is -2.26. The summed E-state index contributed by atoms with van der Waals surface area (Å²) in [6.45, 7) is 2.28. The zero-order chi connectivity index (χ0) is 24.5. The smallest absolute Gasteiger partial charge is 0.338 e. The highest BCUT2D eigenvalue weighted by atomic mass is 32.2. The van der Waals surface area contributed by atoms with Gasteiger partial charge in [0.1, 0.15) is 17.8 Å². The highest BCUT2D eigenvalue weighted by molar-refractivity contribution is 7.92. The fraction of sp³-hybridized carbons (Fsp3) is 0.333. The fourth-order valence-corrected chi connectivity index (χ4v) is 5.10. The van der Waals surface area contributed by atoms with Gasteiger partial charge < -0.3 is 14.3 Å². The first-order valence-corrected chi connectivity index (χ1v) is 12.4. The number of carboxylic acids is 1. The lowest BCUT2D eigenvalue weighted by atomic mass is 9.79. The van der Waals surface area contributed by atoms with E-state index in [4.69, 9.17) is 14.3 Å². The van der Waals surface area contributed by atoms with E-state index in [0.717, 1.165) is 37.2 Å². The highest BCUT2D eigenvalue weighted by Crippen LogP contribution is 2.36. The number of carbonyl (C=O) groups is 1. The van der Waals surface area contributed by atoms with Gasteiger partial charge in [0, 0.05) is 11.6 Å². The summed E-state index contributed by atoms with van der Waals surface area (Å²) in [6.07, 6.45) is 5.74. The van der Waals surface area contributed by atoms with Crippen molar-refractivity contribution in [2.45, 2.75) is 43.6 Å². The summed E-state index contributed by atoms with van der Waals surface area (Å²) < 4.78 is 52.3. The average molecular weight is 489 g/mol. The molecule has 1 aliphatic carbocycles. The van der Waals surface area contributed by atoms with Gasteiger partial charge >= 0.3 is 5.97 Å². The maximum absolute atomic E-state index is 14.1. The molecule has 0 spiro atoms. The molecule has 0 aliphatic heterocycles. The third-order valence-electron chi connectivity index (χ3n) is 6.17. The number of nitrogens with one attached hydrogen (secondary N) is 1. The Kier molecular flexibility index (Phi) is 6.60. The predicted molar refractivity (Wildman–Crippen MR) is 123 cm³/mol. The number of carboxylic acid groups (broad SMARTS) is 1. The number of hydrogen-bond donors (Lipinski definition) is 2. The number of benzene rings is 2. The molecule has 1 aliphatic rings. The van der Waals surface area contributed by atoms with Crippen molar-refractivity contribution in [3.8, 4) is 17.2 Å². The first-order chi connectivity index (χ1) is 16.2. The van der Waals surface area contributed by atoms with Crippen LogP contribution in [0.5, 0.6) is 5.75 Å². The third-order valence-corrected chi connectivity index (χ3v) is 7.39. The number of oxazole rings is 1. The van der Waals surface area contributed by atoms with E-state index in [1.807, 2.05) is 24.3 Å². The van der Waals surface area contributed by atoms with Gasteiger partial charge in [-0.25, -0.2) is 9.18 Å². The molecule has 0 saturated heterocycles. The van der Waals surface area contributed by atoms with Gasteiger partial charge in [-0.15, -0.1) is 0 Å². The Balaban J connectivity index is 1.53. The molecule has 0 atom stereocenters. The Labute approximate surface area is 196 Å². The van der Waals surface area contributed by atoms with E-state index in [0.29, 0.717) is 11.5 Å². The van der Waals surface area contributed by atoms with Gasteiger partial charge in [-0.3, -0.25) is 4.72 Å². The van der Waals surface area contributed by atoms with Crippen LogP contribution in [0.1, 0.15) is 54.4 Å². The van der Waals surface area contributed by atoms with Gasteiger partial charge in [-0.2, -0.15) is 13.4 Å².